The second-order valence-corrected chi connectivity index (χ2v) is 7.69. The van der Waals surface area contributed by atoms with Crippen LogP contribution in [0, 0.1) is 0 Å². The Labute approximate surface area is 183 Å². The number of rotatable bonds is 7. The summed E-state index contributed by atoms with van der Waals surface area (Å²) in [5.41, 5.74) is 4.75. The van der Waals surface area contributed by atoms with Crippen LogP contribution < -0.4 is 15.2 Å². The van der Waals surface area contributed by atoms with Gasteiger partial charge in [-0.3, -0.25) is 14.0 Å². The first-order valence-electron chi connectivity index (χ1n) is 10.2. The first-order valence-corrected chi connectivity index (χ1v) is 10.2. The molecule has 0 saturated carbocycles. The van der Waals surface area contributed by atoms with E-state index in [0.717, 1.165) is 68.0 Å². The number of benzene rings is 2. The average Bonchev–Trinajstić information content (AvgIpc) is 3.00. The first-order chi connectivity index (χ1) is 14.1. The van der Waals surface area contributed by atoms with Gasteiger partial charge in [-0.25, -0.2) is 4.79 Å². The number of nitrogens with zero attached hydrogens (tertiary/aromatic N) is 3. The third-order valence-electron chi connectivity index (χ3n) is 5.95. The van der Waals surface area contributed by atoms with Gasteiger partial charge >= 0.3 is 5.69 Å². The lowest BCUT2D eigenvalue weighted by Crippen LogP contribution is -2.31. The quantitative estimate of drug-likeness (QED) is 0.536. The first kappa shape index (κ1) is 22.2. The van der Waals surface area contributed by atoms with Crippen molar-refractivity contribution in [1.82, 2.24) is 14.0 Å². The molecule has 6 nitrogen and oxygen atoms in total. The fourth-order valence-electron chi connectivity index (χ4n) is 4.32. The lowest BCUT2D eigenvalue weighted by Gasteiger charge is -2.29. The predicted molar refractivity (Wildman–Crippen MR) is 122 cm³/mol. The van der Waals surface area contributed by atoms with Crippen LogP contribution in [0.4, 0.5) is 0 Å². The summed E-state index contributed by atoms with van der Waals surface area (Å²) in [5.74, 6) is 1.60. The lowest BCUT2D eigenvalue weighted by atomic mass is 9.98. The Morgan fingerprint density at radius 1 is 0.933 bits per heavy atom. The molecule has 2 aromatic carbocycles. The third kappa shape index (κ3) is 4.20. The topological polar surface area (TPSA) is 48.6 Å². The summed E-state index contributed by atoms with van der Waals surface area (Å²) in [5, 5.41) is 0. The fourth-order valence-corrected chi connectivity index (χ4v) is 4.32. The van der Waals surface area contributed by atoms with E-state index in [4.69, 9.17) is 9.47 Å². The van der Waals surface area contributed by atoms with Gasteiger partial charge in [0.2, 0.25) is 0 Å². The van der Waals surface area contributed by atoms with Crippen LogP contribution >= 0.6 is 12.4 Å². The van der Waals surface area contributed by atoms with Crippen molar-refractivity contribution in [3.63, 3.8) is 0 Å². The minimum absolute atomic E-state index is 0. The SMILES string of the molecule is COc1cc2c(cc1OC)CN(CCCCn1c(=O)n(C)c3ccccc31)CC2.Cl. The van der Waals surface area contributed by atoms with Crippen molar-refractivity contribution >= 4 is 23.4 Å². The average molecular weight is 432 g/mol. The van der Waals surface area contributed by atoms with Crippen LogP contribution in [-0.2, 0) is 26.6 Å². The van der Waals surface area contributed by atoms with Crippen molar-refractivity contribution in [3.05, 3.63) is 58.0 Å². The van der Waals surface area contributed by atoms with Gasteiger partial charge in [-0.05, 0) is 61.2 Å². The van der Waals surface area contributed by atoms with E-state index in [1.54, 1.807) is 18.8 Å². The molecule has 30 heavy (non-hydrogen) atoms. The van der Waals surface area contributed by atoms with Crippen LogP contribution in [0.5, 0.6) is 11.5 Å². The highest BCUT2D eigenvalue weighted by atomic mass is 35.5. The zero-order valence-corrected chi connectivity index (χ0v) is 18.7. The molecule has 0 radical (unpaired) electrons. The van der Waals surface area contributed by atoms with Crippen molar-refractivity contribution in [1.29, 1.82) is 0 Å². The molecule has 1 aromatic heterocycles. The van der Waals surface area contributed by atoms with E-state index in [1.165, 1.54) is 11.1 Å². The number of methoxy groups -OCH3 is 2. The van der Waals surface area contributed by atoms with Gasteiger partial charge in [-0.15, -0.1) is 12.4 Å². The van der Waals surface area contributed by atoms with E-state index >= 15 is 0 Å². The summed E-state index contributed by atoms with van der Waals surface area (Å²) < 4.78 is 14.5. The highest BCUT2D eigenvalue weighted by Crippen LogP contribution is 2.33. The van der Waals surface area contributed by atoms with Crippen molar-refractivity contribution in [2.75, 3.05) is 27.3 Å². The summed E-state index contributed by atoms with van der Waals surface area (Å²) in [6.45, 7) is 3.78. The molecule has 0 unspecified atom stereocenters. The number of imidazole rings is 1. The molecule has 162 valence electrons. The van der Waals surface area contributed by atoms with Crippen LogP contribution in [0.15, 0.2) is 41.2 Å². The van der Waals surface area contributed by atoms with Gasteiger partial charge < -0.3 is 9.47 Å². The van der Waals surface area contributed by atoms with E-state index in [9.17, 15) is 4.79 Å². The molecule has 0 spiro atoms. The molecule has 3 aromatic rings. The maximum atomic E-state index is 12.5. The van der Waals surface area contributed by atoms with Gasteiger partial charge in [0.15, 0.2) is 11.5 Å². The maximum absolute atomic E-state index is 12.5. The molecular formula is C23H30ClN3O3. The maximum Gasteiger partial charge on any atom is 0.328 e. The highest BCUT2D eigenvalue weighted by molar-refractivity contribution is 5.85. The van der Waals surface area contributed by atoms with E-state index in [2.05, 4.69) is 17.0 Å². The van der Waals surface area contributed by atoms with E-state index in [0.29, 0.717) is 0 Å². The number of hydrogen-bond acceptors (Lipinski definition) is 4. The van der Waals surface area contributed by atoms with Gasteiger partial charge in [0.25, 0.3) is 0 Å². The van der Waals surface area contributed by atoms with Gasteiger partial charge in [-0.1, -0.05) is 12.1 Å². The molecule has 0 atom stereocenters. The molecular weight excluding hydrogens is 402 g/mol. The molecule has 2 heterocycles. The number of para-hydroxylation sites is 2. The van der Waals surface area contributed by atoms with Crippen molar-refractivity contribution < 1.29 is 9.47 Å². The molecule has 7 heteroatoms. The van der Waals surface area contributed by atoms with Crippen molar-refractivity contribution in [3.8, 4) is 11.5 Å². The third-order valence-corrected chi connectivity index (χ3v) is 5.95. The monoisotopic (exact) mass is 431 g/mol. The zero-order valence-electron chi connectivity index (χ0n) is 17.9. The normalized spacial score (nSPS) is 13.7. The number of aryl methyl sites for hydroxylation is 2. The molecule has 0 saturated heterocycles. The van der Waals surface area contributed by atoms with Gasteiger partial charge in [0.1, 0.15) is 0 Å². The summed E-state index contributed by atoms with van der Waals surface area (Å²) in [4.78, 5) is 15.0. The number of fused-ring (bicyclic) bond motifs is 2. The van der Waals surface area contributed by atoms with E-state index in [-0.39, 0.29) is 18.1 Å². The molecule has 0 N–H and O–H groups in total. The number of unbranched alkanes of at least 4 members (excludes halogenated alkanes) is 1. The molecule has 1 aliphatic heterocycles. The Morgan fingerprint density at radius 3 is 2.27 bits per heavy atom. The van der Waals surface area contributed by atoms with Gasteiger partial charge in [0.05, 0.1) is 25.3 Å². The van der Waals surface area contributed by atoms with Gasteiger partial charge in [-0.2, -0.15) is 0 Å². The summed E-state index contributed by atoms with van der Waals surface area (Å²) >= 11 is 0. The Kier molecular flexibility index (Phi) is 7.10. The van der Waals surface area contributed by atoms with Crippen molar-refractivity contribution in [2.24, 2.45) is 7.05 Å². The van der Waals surface area contributed by atoms with Crippen molar-refractivity contribution in [2.45, 2.75) is 32.4 Å². The smallest absolute Gasteiger partial charge is 0.328 e. The highest BCUT2D eigenvalue weighted by Gasteiger charge is 2.19. The number of aromatic nitrogens is 2. The van der Waals surface area contributed by atoms with Crippen LogP contribution in [-0.4, -0.2) is 41.3 Å². The second kappa shape index (κ2) is 9.58. The van der Waals surface area contributed by atoms with E-state index in [1.807, 2.05) is 35.9 Å². The molecule has 0 amide bonds. The fraction of sp³-hybridized carbons (Fsp3) is 0.435. The molecule has 0 aliphatic carbocycles. The van der Waals surface area contributed by atoms with Crippen LogP contribution in [0.3, 0.4) is 0 Å². The number of ether oxygens (including phenoxy) is 2. The molecule has 1 aliphatic rings. The second-order valence-electron chi connectivity index (χ2n) is 7.69. The Hall–Kier alpha value is -2.44. The Morgan fingerprint density at radius 2 is 1.57 bits per heavy atom. The standard InChI is InChI=1S/C23H29N3O3.ClH/c1-24-19-8-4-5-9-20(19)26(23(24)27)12-7-6-11-25-13-10-17-14-21(28-2)22(29-3)15-18(17)16-25;/h4-5,8-9,14-15H,6-7,10-13,16H2,1-3H3;1H. The van der Waals surface area contributed by atoms with Crippen LogP contribution in [0.1, 0.15) is 24.0 Å². The molecule has 0 bridgehead atoms. The summed E-state index contributed by atoms with van der Waals surface area (Å²) in [6.07, 6.45) is 3.08. The Balaban J connectivity index is 0.00000256. The van der Waals surface area contributed by atoms with Gasteiger partial charge in [0, 0.05) is 26.7 Å². The number of halogens is 1. The largest absolute Gasteiger partial charge is 0.493 e. The van der Waals surface area contributed by atoms with E-state index < -0.39 is 0 Å². The van der Waals surface area contributed by atoms with Crippen LogP contribution in [0.2, 0.25) is 0 Å². The number of hydrogen-bond donors (Lipinski definition) is 0. The summed E-state index contributed by atoms with van der Waals surface area (Å²) in [6, 6.07) is 12.2. The minimum Gasteiger partial charge on any atom is -0.493 e. The lowest BCUT2D eigenvalue weighted by molar-refractivity contribution is 0.246. The van der Waals surface area contributed by atoms with Crippen LogP contribution in [0.25, 0.3) is 11.0 Å². The minimum atomic E-state index is 0. The molecule has 4 rings (SSSR count). The predicted octanol–water partition coefficient (Wildman–Crippen LogP) is 3.62. The molecule has 0 fully saturated rings. The summed E-state index contributed by atoms with van der Waals surface area (Å²) in [7, 11) is 5.20. The Bertz CT molecular complexity index is 1070. The zero-order chi connectivity index (χ0) is 20.4.